The van der Waals surface area contributed by atoms with E-state index in [2.05, 4.69) is 57.2 Å². The average Bonchev–Trinajstić information content (AvgIpc) is 3.26. The van der Waals surface area contributed by atoms with Crippen LogP contribution in [0.1, 0.15) is 55.1 Å². The number of benzene rings is 3. The van der Waals surface area contributed by atoms with Crippen LogP contribution in [0.25, 0.3) is 10.8 Å². The molecule has 1 aromatic heterocycles. The minimum atomic E-state index is -0.365. The normalized spacial score (nSPS) is 14.5. The van der Waals surface area contributed by atoms with Crippen molar-refractivity contribution in [2.24, 2.45) is 0 Å². The van der Waals surface area contributed by atoms with E-state index in [1.54, 1.807) is 23.9 Å². The van der Waals surface area contributed by atoms with Gasteiger partial charge in [-0.05, 0) is 34.7 Å². The van der Waals surface area contributed by atoms with Gasteiger partial charge in [-0.1, -0.05) is 85.6 Å². The van der Waals surface area contributed by atoms with E-state index < -0.39 is 0 Å². The molecular weight excluding hydrogens is 432 g/mol. The van der Waals surface area contributed by atoms with Crippen LogP contribution in [0.4, 0.5) is 5.69 Å². The highest BCUT2D eigenvalue weighted by molar-refractivity contribution is 7.98. The molecule has 0 N–H and O–H groups in total. The zero-order valence-corrected chi connectivity index (χ0v) is 19.2. The van der Waals surface area contributed by atoms with Gasteiger partial charge in [0.1, 0.15) is 5.82 Å². The Balaban J connectivity index is 1.42. The van der Waals surface area contributed by atoms with Crippen molar-refractivity contribution in [1.82, 2.24) is 14.8 Å². The molecule has 0 radical (unpaired) electrons. The first kappa shape index (κ1) is 21.6. The number of nitro groups is 1. The van der Waals surface area contributed by atoms with Crippen LogP contribution in [0.2, 0.25) is 0 Å². The third-order valence-electron chi connectivity index (χ3n) is 6.42. The van der Waals surface area contributed by atoms with E-state index in [1.165, 1.54) is 35.6 Å². The number of thioether (sulfide) groups is 1. The van der Waals surface area contributed by atoms with E-state index in [4.69, 9.17) is 0 Å². The molecule has 168 valence electrons. The molecule has 1 aliphatic rings. The highest BCUT2D eigenvalue weighted by Crippen LogP contribution is 2.34. The molecule has 0 amide bonds. The molecule has 0 unspecified atom stereocenters. The Morgan fingerprint density at radius 1 is 0.939 bits per heavy atom. The first-order valence-corrected chi connectivity index (χ1v) is 12.4. The maximum Gasteiger partial charge on any atom is 0.269 e. The second-order valence-corrected chi connectivity index (χ2v) is 9.53. The summed E-state index contributed by atoms with van der Waals surface area (Å²) in [5.41, 5.74) is 2.43. The molecule has 0 aliphatic heterocycles. The van der Waals surface area contributed by atoms with Gasteiger partial charge < -0.3 is 4.57 Å². The minimum Gasteiger partial charge on any atom is -0.303 e. The Morgan fingerprint density at radius 2 is 1.70 bits per heavy atom. The van der Waals surface area contributed by atoms with Crippen molar-refractivity contribution in [3.8, 4) is 0 Å². The van der Waals surface area contributed by atoms with Crippen LogP contribution < -0.4 is 0 Å². The largest absolute Gasteiger partial charge is 0.303 e. The lowest BCUT2D eigenvalue weighted by Crippen LogP contribution is -2.17. The fraction of sp³-hybridized carbons (Fsp3) is 0.308. The Morgan fingerprint density at radius 3 is 2.48 bits per heavy atom. The SMILES string of the molecule is O=[N+]([O-])c1ccc(CSc2nnc(Cc3cccc4ccccc34)n2C2CCCCC2)cc1. The van der Waals surface area contributed by atoms with Crippen molar-refractivity contribution >= 4 is 28.2 Å². The lowest BCUT2D eigenvalue weighted by atomic mass is 9.95. The number of nitro benzene ring substituents is 1. The predicted molar refractivity (Wildman–Crippen MR) is 132 cm³/mol. The van der Waals surface area contributed by atoms with Gasteiger partial charge in [-0.2, -0.15) is 0 Å². The van der Waals surface area contributed by atoms with E-state index in [0.29, 0.717) is 11.8 Å². The topological polar surface area (TPSA) is 73.8 Å². The van der Waals surface area contributed by atoms with E-state index in [-0.39, 0.29) is 10.6 Å². The van der Waals surface area contributed by atoms with Gasteiger partial charge in [-0.15, -0.1) is 10.2 Å². The molecule has 0 atom stereocenters. The van der Waals surface area contributed by atoms with Crippen LogP contribution >= 0.6 is 11.8 Å². The lowest BCUT2D eigenvalue weighted by molar-refractivity contribution is -0.384. The first-order chi connectivity index (χ1) is 16.2. The maximum absolute atomic E-state index is 10.9. The Bertz CT molecular complexity index is 1260. The molecule has 0 bridgehead atoms. The van der Waals surface area contributed by atoms with Crippen LogP contribution in [0.5, 0.6) is 0 Å². The number of aromatic nitrogens is 3. The quantitative estimate of drug-likeness (QED) is 0.174. The second kappa shape index (κ2) is 9.75. The number of rotatable bonds is 7. The van der Waals surface area contributed by atoms with Crippen molar-refractivity contribution in [1.29, 1.82) is 0 Å². The zero-order chi connectivity index (χ0) is 22.6. The van der Waals surface area contributed by atoms with Gasteiger partial charge in [0.05, 0.1) is 4.92 Å². The van der Waals surface area contributed by atoms with Crippen molar-refractivity contribution < 1.29 is 4.92 Å². The molecule has 0 spiro atoms. The summed E-state index contributed by atoms with van der Waals surface area (Å²) in [6.07, 6.45) is 6.84. The Hall–Kier alpha value is -3.19. The third-order valence-corrected chi connectivity index (χ3v) is 7.43. The third kappa shape index (κ3) is 4.78. The molecule has 7 heteroatoms. The number of non-ortho nitro benzene ring substituents is 1. The first-order valence-electron chi connectivity index (χ1n) is 11.5. The molecule has 1 fully saturated rings. The maximum atomic E-state index is 10.9. The molecule has 1 aliphatic carbocycles. The molecule has 1 heterocycles. The lowest BCUT2D eigenvalue weighted by Gasteiger charge is -2.25. The fourth-order valence-corrected chi connectivity index (χ4v) is 5.69. The molecule has 0 saturated heterocycles. The highest BCUT2D eigenvalue weighted by Gasteiger charge is 2.23. The zero-order valence-electron chi connectivity index (χ0n) is 18.4. The molecule has 5 rings (SSSR count). The summed E-state index contributed by atoms with van der Waals surface area (Å²) >= 11 is 1.66. The number of nitrogens with zero attached hydrogens (tertiary/aromatic N) is 4. The van der Waals surface area contributed by atoms with Gasteiger partial charge in [0.25, 0.3) is 5.69 Å². The average molecular weight is 459 g/mol. The molecule has 1 saturated carbocycles. The summed E-state index contributed by atoms with van der Waals surface area (Å²) < 4.78 is 2.37. The van der Waals surface area contributed by atoms with Crippen LogP contribution in [-0.2, 0) is 12.2 Å². The summed E-state index contributed by atoms with van der Waals surface area (Å²) in [7, 11) is 0. The van der Waals surface area contributed by atoms with Gasteiger partial charge in [-0.3, -0.25) is 10.1 Å². The Labute approximate surface area is 197 Å². The standard InChI is InChI=1S/C26H26N4O2S/c31-30(32)23-15-13-19(14-16-23)18-33-26-28-27-25(29(26)22-10-2-1-3-11-22)17-21-9-6-8-20-7-4-5-12-24(20)21/h4-9,12-16,22H,1-3,10-11,17-18H2. The van der Waals surface area contributed by atoms with Crippen LogP contribution in [-0.4, -0.2) is 19.7 Å². The van der Waals surface area contributed by atoms with E-state index in [9.17, 15) is 10.1 Å². The van der Waals surface area contributed by atoms with Crippen LogP contribution in [0.3, 0.4) is 0 Å². The van der Waals surface area contributed by atoms with Crippen LogP contribution in [0.15, 0.2) is 71.9 Å². The van der Waals surface area contributed by atoms with Crippen LogP contribution in [0, 0.1) is 10.1 Å². The van der Waals surface area contributed by atoms with Gasteiger partial charge in [-0.25, -0.2) is 0 Å². The van der Waals surface area contributed by atoms with E-state index >= 15 is 0 Å². The van der Waals surface area contributed by atoms with Gasteiger partial charge in [0, 0.05) is 30.3 Å². The number of hydrogen-bond acceptors (Lipinski definition) is 5. The summed E-state index contributed by atoms with van der Waals surface area (Å²) in [5, 5.41) is 23.6. The molecular formula is C26H26N4O2S. The van der Waals surface area contributed by atoms with E-state index in [0.717, 1.165) is 35.8 Å². The molecule has 33 heavy (non-hydrogen) atoms. The van der Waals surface area contributed by atoms with Crippen molar-refractivity contribution in [3.63, 3.8) is 0 Å². The fourth-order valence-electron chi connectivity index (χ4n) is 4.71. The van der Waals surface area contributed by atoms with Gasteiger partial charge >= 0.3 is 0 Å². The molecule has 3 aromatic carbocycles. The number of fused-ring (bicyclic) bond motifs is 1. The summed E-state index contributed by atoms with van der Waals surface area (Å²) in [4.78, 5) is 10.6. The van der Waals surface area contributed by atoms with Crippen molar-refractivity contribution in [3.05, 3.63) is 93.8 Å². The van der Waals surface area contributed by atoms with Gasteiger partial charge in [0.2, 0.25) is 0 Å². The smallest absolute Gasteiger partial charge is 0.269 e. The monoisotopic (exact) mass is 458 g/mol. The van der Waals surface area contributed by atoms with Crippen molar-refractivity contribution in [2.75, 3.05) is 0 Å². The number of hydrogen-bond donors (Lipinski definition) is 0. The van der Waals surface area contributed by atoms with Gasteiger partial charge in [0.15, 0.2) is 5.16 Å². The second-order valence-electron chi connectivity index (χ2n) is 8.59. The molecule has 4 aromatic rings. The van der Waals surface area contributed by atoms with Crippen molar-refractivity contribution in [2.45, 2.75) is 55.5 Å². The van der Waals surface area contributed by atoms with E-state index in [1.807, 2.05) is 12.1 Å². The highest BCUT2D eigenvalue weighted by atomic mass is 32.2. The molecule has 6 nitrogen and oxygen atoms in total. The predicted octanol–water partition coefficient (Wildman–Crippen LogP) is 6.73. The summed E-state index contributed by atoms with van der Waals surface area (Å²) in [6.45, 7) is 0. The minimum absolute atomic E-state index is 0.117. The Kier molecular flexibility index (Phi) is 6.39. The summed E-state index contributed by atoms with van der Waals surface area (Å²) in [6, 6.07) is 22.1. The summed E-state index contributed by atoms with van der Waals surface area (Å²) in [5.74, 6) is 1.72.